The molecule has 10 aromatic rings. The Morgan fingerprint density at radius 3 is 1.22 bits per heavy atom. The van der Waals surface area contributed by atoms with E-state index in [1.54, 1.807) is 0 Å². The number of rotatable bonds is 7. The molecule has 0 radical (unpaired) electrons. The number of hydrogen-bond acceptors (Lipinski definition) is 4. The topological polar surface area (TPSA) is 51.6 Å². The first-order valence-corrected chi connectivity index (χ1v) is 19.6. The van der Waals surface area contributed by atoms with Crippen LogP contribution in [0.5, 0.6) is 0 Å². The summed E-state index contributed by atoms with van der Waals surface area (Å²) in [4.78, 5) is 20.3. The molecule has 8 aromatic carbocycles. The van der Waals surface area contributed by atoms with E-state index in [2.05, 4.69) is 196 Å². The zero-order chi connectivity index (χ0) is 39.0. The fourth-order valence-electron chi connectivity index (χ4n) is 8.02. The maximum atomic E-state index is 5.25. The minimum atomic E-state index is 0.606. The SMILES string of the molecule is Cc1cc(-c2cc(-c3nc(-c4ccc(-c5ccccc5)cc4)nc(-c4ccc(-c5ccccc5)cc4)n3)cc(-c3cc4ccccc4c4ccccc34)c2)cc(C)n1. The minimum Gasteiger partial charge on any atom is -0.258 e. The predicted molar refractivity (Wildman–Crippen MR) is 240 cm³/mol. The summed E-state index contributed by atoms with van der Waals surface area (Å²) in [5.74, 6) is 1.84. The first-order valence-electron chi connectivity index (χ1n) is 19.6. The molecule has 2 aromatic heterocycles. The average Bonchev–Trinajstić information content (AvgIpc) is 3.29. The molecule has 0 atom stereocenters. The number of hydrogen-bond donors (Lipinski definition) is 0. The molecule has 0 saturated carbocycles. The van der Waals surface area contributed by atoms with Gasteiger partial charge in [0, 0.05) is 28.1 Å². The Kier molecular flexibility index (Phi) is 8.92. The van der Waals surface area contributed by atoms with Crippen LogP contribution in [-0.4, -0.2) is 19.9 Å². The normalized spacial score (nSPS) is 11.3. The monoisotopic (exact) mass is 742 g/mol. The molecule has 0 aliphatic heterocycles. The number of fused-ring (bicyclic) bond motifs is 3. The van der Waals surface area contributed by atoms with Crippen molar-refractivity contribution in [1.82, 2.24) is 19.9 Å². The van der Waals surface area contributed by atoms with Crippen LogP contribution in [0.2, 0.25) is 0 Å². The van der Waals surface area contributed by atoms with Gasteiger partial charge in [0.2, 0.25) is 0 Å². The Labute approximate surface area is 338 Å². The van der Waals surface area contributed by atoms with Crippen LogP contribution in [0.3, 0.4) is 0 Å². The van der Waals surface area contributed by atoms with Gasteiger partial charge in [-0.1, -0.05) is 158 Å². The van der Waals surface area contributed by atoms with Gasteiger partial charge in [-0.25, -0.2) is 15.0 Å². The second kappa shape index (κ2) is 14.8. The van der Waals surface area contributed by atoms with Crippen molar-refractivity contribution in [2.24, 2.45) is 0 Å². The van der Waals surface area contributed by atoms with Crippen molar-refractivity contribution in [3.05, 3.63) is 206 Å². The van der Waals surface area contributed by atoms with Gasteiger partial charge in [-0.2, -0.15) is 0 Å². The van der Waals surface area contributed by atoms with Crippen LogP contribution in [0, 0.1) is 13.8 Å². The Hall–Kier alpha value is -7.56. The standard InChI is InChI=1S/C54H38N4/c1-35-29-44(30-36(2)55-35)45-31-46(51-34-43-17-9-10-18-48(43)49-19-11-12-20-50(49)51)33-47(32-45)54-57-52(41-25-21-39(22-26-41)37-13-5-3-6-14-37)56-53(58-54)42-27-23-40(24-28-42)38-15-7-4-8-16-38/h3-34H,1-2H3. The van der Waals surface area contributed by atoms with Crippen LogP contribution in [0.15, 0.2) is 194 Å². The molecule has 0 bridgehead atoms. The maximum absolute atomic E-state index is 5.25. The van der Waals surface area contributed by atoms with Gasteiger partial charge in [0.1, 0.15) is 0 Å². The molecule has 58 heavy (non-hydrogen) atoms. The second-order valence-electron chi connectivity index (χ2n) is 14.8. The van der Waals surface area contributed by atoms with Crippen LogP contribution in [0.25, 0.3) is 100 Å². The third-order valence-corrected chi connectivity index (χ3v) is 10.8. The van der Waals surface area contributed by atoms with Crippen molar-refractivity contribution in [3.63, 3.8) is 0 Å². The maximum Gasteiger partial charge on any atom is 0.164 e. The molecule has 0 spiro atoms. The summed E-state index contributed by atoms with van der Waals surface area (Å²) >= 11 is 0. The molecule has 4 heteroatoms. The highest BCUT2D eigenvalue weighted by molar-refractivity contribution is 6.14. The quantitative estimate of drug-likeness (QED) is 0.153. The summed E-state index contributed by atoms with van der Waals surface area (Å²) in [6.07, 6.45) is 0. The van der Waals surface area contributed by atoms with Gasteiger partial charge in [-0.05, 0) is 116 Å². The van der Waals surface area contributed by atoms with Gasteiger partial charge in [0.25, 0.3) is 0 Å². The molecular weight excluding hydrogens is 705 g/mol. The van der Waals surface area contributed by atoms with Crippen molar-refractivity contribution in [2.75, 3.05) is 0 Å². The molecule has 0 aliphatic rings. The van der Waals surface area contributed by atoms with Crippen molar-refractivity contribution < 1.29 is 0 Å². The van der Waals surface area contributed by atoms with E-state index in [1.165, 1.54) is 21.5 Å². The largest absolute Gasteiger partial charge is 0.258 e. The van der Waals surface area contributed by atoms with E-state index >= 15 is 0 Å². The molecular formula is C54H38N4. The summed E-state index contributed by atoms with van der Waals surface area (Å²) in [6.45, 7) is 4.10. The fraction of sp³-hybridized carbons (Fsp3) is 0.0370. The van der Waals surface area contributed by atoms with Crippen LogP contribution in [-0.2, 0) is 0 Å². The lowest BCUT2D eigenvalue weighted by Gasteiger charge is -2.15. The Balaban J connectivity index is 1.18. The van der Waals surface area contributed by atoms with Crippen LogP contribution in [0.4, 0.5) is 0 Å². The van der Waals surface area contributed by atoms with E-state index in [-0.39, 0.29) is 0 Å². The number of nitrogens with zero attached hydrogens (tertiary/aromatic N) is 4. The molecule has 2 heterocycles. The molecule has 274 valence electrons. The van der Waals surface area contributed by atoms with Gasteiger partial charge in [0.15, 0.2) is 17.5 Å². The van der Waals surface area contributed by atoms with Gasteiger partial charge in [0.05, 0.1) is 0 Å². The average molecular weight is 743 g/mol. The van der Waals surface area contributed by atoms with Crippen molar-refractivity contribution in [3.8, 4) is 78.7 Å². The Morgan fingerprint density at radius 2 is 0.655 bits per heavy atom. The lowest BCUT2D eigenvalue weighted by molar-refractivity contribution is 1.07. The summed E-state index contributed by atoms with van der Waals surface area (Å²) in [5.41, 5.74) is 13.7. The smallest absolute Gasteiger partial charge is 0.164 e. The third-order valence-electron chi connectivity index (χ3n) is 10.8. The Morgan fingerprint density at radius 1 is 0.259 bits per heavy atom. The number of aromatic nitrogens is 4. The number of pyridine rings is 1. The number of aryl methyl sites for hydroxylation is 2. The highest BCUT2D eigenvalue weighted by Gasteiger charge is 2.17. The van der Waals surface area contributed by atoms with Gasteiger partial charge < -0.3 is 0 Å². The third kappa shape index (κ3) is 6.82. The van der Waals surface area contributed by atoms with E-state index < -0.39 is 0 Å². The van der Waals surface area contributed by atoms with Crippen molar-refractivity contribution in [1.29, 1.82) is 0 Å². The fourth-order valence-corrected chi connectivity index (χ4v) is 8.02. The van der Waals surface area contributed by atoms with Crippen molar-refractivity contribution >= 4 is 21.5 Å². The van der Waals surface area contributed by atoms with E-state index in [9.17, 15) is 0 Å². The van der Waals surface area contributed by atoms with Gasteiger partial charge in [-0.15, -0.1) is 0 Å². The molecule has 0 fully saturated rings. The molecule has 0 aliphatic carbocycles. The van der Waals surface area contributed by atoms with Gasteiger partial charge >= 0.3 is 0 Å². The van der Waals surface area contributed by atoms with E-state index in [1.807, 2.05) is 12.1 Å². The van der Waals surface area contributed by atoms with Crippen LogP contribution in [0.1, 0.15) is 11.4 Å². The summed E-state index contributed by atoms with van der Waals surface area (Å²) < 4.78 is 0. The first kappa shape index (κ1) is 34.9. The molecule has 0 amide bonds. The molecule has 0 N–H and O–H groups in total. The van der Waals surface area contributed by atoms with Crippen LogP contribution >= 0.6 is 0 Å². The highest BCUT2D eigenvalue weighted by atomic mass is 15.0. The summed E-state index contributed by atoms with van der Waals surface area (Å²) in [6, 6.07) is 68.5. The minimum absolute atomic E-state index is 0.606. The van der Waals surface area contributed by atoms with E-state index in [0.717, 1.165) is 72.6 Å². The summed E-state index contributed by atoms with van der Waals surface area (Å²) in [7, 11) is 0. The molecule has 10 rings (SSSR count). The zero-order valence-corrected chi connectivity index (χ0v) is 32.3. The zero-order valence-electron chi connectivity index (χ0n) is 32.3. The van der Waals surface area contributed by atoms with Crippen LogP contribution < -0.4 is 0 Å². The lowest BCUT2D eigenvalue weighted by atomic mass is 9.90. The molecule has 0 saturated heterocycles. The van der Waals surface area contributed by atoms with E-state index in [0.29, 0.717) is 17.5 Å². The van der Waals surface area contributed by atoms with E-state index in [4.69, 9.17) is 19.9 Å². The molecule has 4 nitrogen and oxygen atoms in total. The highest BCUT2D eigenvalue weighted by Crippen LogP contribution is 2.39. The lowest BCUT2D eigenvalue weighted by Crippen LogP contribution is -2.01. The first-order chi connectivity index (χ1) is 28.5. The predicted octanol–water partition coefficient (Wildman–Crippen LogP) is 13.9. The number of benzene rings is 8. The molecule has 0 unspecified atom stereocenters. The Bertz CT molecular complexity index is 2980. The van der Waals surface area contributed by atoms with Crippen molar-refractivity contribution in [2.45, 2.75) is 13.8 Å². The van der Waals surface area contributed by atoms with Gasteiger partial charge in [-0.3, -0.25) is 4.98 Å². The summed E-state index contributed by atoms with van der Waals surface area (Å²) in [5, 5.41) is 4.85. The second-order valence-corrected chi connectivity index (χ2v) is 14.8.